The minimum absolute atomic E-state index is 0.0291. The second kappa shape index (κ2) is 7.42. The molecule has 0 bridgehead atoms. The Morgan fingerprint density at radius 3 is 2.37 bits per heavy atom. The number of nitrogens with one attached hydrogen (secondary N) is 1. The number of nitrogens with zero attached hydrogens (tertiary/aromatic N) is 3. The molecule has 3 rings (SSSR count). The van der Waals surface area contributed by atoms with Gasteiger partial charge in [-0.25, -0.2) is 4.79 Å². The Balaban J connectivity index is 1.79. The normalized spacial score (nSPS) is 17.0. The van der Waals surface area contributed by atoms with Crippen molar-refractivity contribution in [1.82, 2.24) is 9.13 Å². The quantitative estimate of drug-likeness (QED) is 0.890. The molecule has 0 aliphatic carbocycles. The SMILES string of the molecule is Cc1cc(C)cc(NC(=O)[C@H]2CCCN(c3cc(=O)n(C)c(=O)n3C)C2)c1. The molecule has 7 nitrogen and oxygen atoms in total. The van der Waals surface area contributed by atoms with Crippen molar-refractivity contribution >= 4 is 17.4 Å². The summed E-state index contributed by atoms with van der Waals surface area (Å²) in [6.45, 7) is 5.20. The standard InChI is InChI=1S/C20H26N4O3/c1-13-8-14(2)10-16(9-13)21-19(26)15-6-5-7-24(12-15)17-11-18(25)23(4)20(27)22(17)3/h8-11,15H,5-7,12H2,1-4H3,(H,21,26)/t15-/m0/s1. The molecule has 0 saturated carbocycles. The van der Waals surface area contributed by atoms with Gasteiger partial charge in [-0.1, -0.05) is 6.07 Å². The largest absolute Gasteiger partial charge is 0.357 e. The summed E-state index contributed by atoms with van der Waals surface area (Å²) in [5.41, 5.74) is 2.31. The molecule has 1 aromatic carbocycles. The summed E-state index contributed by atoms with van der Waals surface area (Å²) in [5.74, 6) is 0.337. The van der Waals surface area contributed by atoms with Crippen molar-refractivity contribution in [1.29, 1.82) is 0 Å². The van der Waals surface area contributed by atoms with Gasteiger partial charge in [0, 0.05) is 38.9 Å². The Bertz CT molecular complexity index is 969. The molecule has 27 heavy (non-hydrogen) atoms. The van der Waals surface area contributed by atoms with Crippen molar-refractivity contribution in [2.45, 2.75) is 26.7 Å². The zero-order valence-electron chi connectivity index (χ0n) is 16.3. The lowest BCUT2D eigenvalue weighted by atomic mass is 9.97. The van der Waals surface area contributed by atoms with Crippen LogP contribution in [0.25, 0.3) is 0 Å². The fourth-order valence-electron chi connectivity index (χ4n) is 3.72. The number of anilines is 2. The van der Waals surface area contributed by atoms with E-state index in [4.69, 9.17) is 0 Å². The van der Waals surface area contributed by atoms with Crippen LogP contribution in [0.4, 0.5) is 11.5 Å². The van der Waals surface area contributed by atoms with E-state index in [1.54, 1.807) is 7.05 Å². The predicted octanol–water partition coefficient (Wildman–Crippen LogP) is 1.56. The van der Waals surface area contributed by atoms with Crippen LogP contribution in [-0.4, -0.2) is 28.1 Å². The van der Waals surface area contributed by atoms with Gasteiger partial charge in [0.15, 0.2) is 0 Å². The number of carbonyl (C=O) groups excluding carboxylic acids is 1. The second-order valence-corrected chi connectivity index (χ2v) is 7.39. The molecule has 1 amide bonds. The highest BCUT2D eigenvalue weighted by atomic mass is 16.2. The maximum Gasteiger partial charge on any atom is 0.332 e. The van der Waals surface area contributed by atoms with Crippen LogP contribution in [0.3, 0.4) is 0 Å². The van der Waals surface area contributed by atoms with E-state index in [2.05, 4.69) is 11.4 Å². The summed E-state index contributed by atoms with van der Waals surface area (Å²) in [6, 6.07) is 7.44. The van der Waals surface area contributed by atoms with Crippen molar-refractivity contribution in [3.05, 3.63) is 56.2 Å². The number of piperidine rings is 1. The van der Waals surface area contributed by atoms with Gasteiger partial charge in [0.2, 0.25) is 5.91 Å². The van der Waals surface area contributed by atoms with E-state index >= 15 is 0 Å². The summed E-state index contributed by atoms with van der Waals surface area (Å²) in [4.78, 5) is 38.9. The van der Waals surface area contributed by atoms with E-state index in [0.29, 0.717) is 18.9 Å². The first-order chi connectivity index (χ1) is 12.8. The average Bonchev–Trinajstić information content (AvgIpc) is 2.62. The van der Waals surface area contributed by atoms with Gasteiger partial charge in [-0.15, -0.1) is 0 Å². The summed E-state index contributed by atoms with van der Waals surface area (Å²) >= 11 is 0. The lowest BCUT2D eigenvalue weighted by molar-refractivity contribution is -0.120. The maximum absolute atomic E-state index is 12.8. The smallest absolute Gasteiger partial charge is 0.332 e. The minimum atomic E-state index is -0.362. The molecule has 144 valence electrons. The molecular formula is C20H26N4O3. The highest BCUT2D eigenvalue weighted by molar-refractivity contribution is 5.93. The number of benzene rings is 1. The van der Waals surface area contributed by atoms with Crippen LogP contribution in [0.15, 0.2) is 33.9 Å². The number of rotatable bonds is 3. The second-order valence-electron chi connectivity index (χ2n) is 7.39. The number of hydrogen-bond donors (Lipinski definition) is 1. The third-order valence-corrected chi connectivity index (χ3v) is 5.11. The van der Waals surface area contributed by atoms with Crippen molar-refractivity contribution in [3.8, 4) is 0 Å². The van der Waals surface area contributed by atoms with Gasteiger partial charge in [0.05, 0.1) is 5.92 Å². The van der Waals surface area contributed by atoms with Gasteiger partial charge in [0.1, 0.15) is 5.82 Å². The minimum Gasteiger partial charge on any atom is -0.357 e. The molecule has 1 saturated heterocycles. The molecular weight excluding hydrogens is 344 g/mol. The van der Waals surface area contributed by atoms with E-state index in [0.717, 1.165) is 34.2 Å². The van der Waals surface area contributed by atoms with Crippen molar-refractivity contribution < 1.29 is 4.79 Å². The van der Waals surface area contributed by atoms with Crippen LogP contribution >= 0.6 is 0 Å². The summed E-state index contributed by atoms with van der Waals surface area (Å²) in [5, 5.41) is 3.01. The number of aromatic nitrogens is 2. The first-order valence-corrected chi connectivity index (χ1v) is 9.17. The van der Waals surface area contributed by atoms with Gasteiger partial charge >= 0.3 is 5.69 Å². The number of hydrogen-bond acceptors (Lipinski definition) is 4. The Hall–Kier alpha value is -2.83. The number of amides is 1. The van der Waals surface area contributed by atoms with E-state index in [-0.39, 0.29) is 23.1 Å². The monoisotopic (exact) mass is 370 g/mol. The first-order valence-electron chi connectivity index (χ1n) is 9.17. The highest BCUT2D eigenvalue weighted by Gasteiger charge is 2.27. The van der Waals surface area contributed by atoms with Crippen molar-refractivity contribution in [3.63, 3.8) is 0 Å². The van der Waals surface area contributed by atoms with E-state index in [9.17, 15) is 14.4 Å². The summed E-state index contributed by atoms with van der Waals surface area (Å²) < 4.78 is 2.54. The fraction of sp³-hybridized carbons (Fsp3) is 0.450. The van der Waals surface area contributed by atoms with Gasteiger partial charge in [-0.2, -0.15) is 0 Å². The number of carbonyl (C=O) groups is 1. The third kappa shape index (κ3) is 3.97. The molecule has 1 aliphatic rings. The molecule has 0 unspecified atom stereocenters. The van der Waals surface area contributed by atoms with Crippen LogP contribution in [0.5, 0.6) is 0 Å². The van der Waals surface area contributed by atoms with Gasteiger partial charge in [0.25, 0.3) is 5.56 Å². The first kappa shape index (κ1) is 18.9. The molecule has 1 aromatic heterocycles. The van der Waals surface area contributed by atoms with Gasteiger partial charge in [-0.3, -0.25) is 18.7 Å². The molecule has 1 aliphatic heterocycles. The molecule has 1 N–H and O–H groups in total. The van der Waals surface area contributed by atoms with E-state index in [1.807, 2.05) is 30.9 Å². The fourth-order valence-corrected chi connectivity index (χ4v) is 3.72. The molecule has 2 heterocycles. The summed E-state index contributed by atoms with van der Waals surface area (Å²) in [6.07, 6.45) is 1.61. The third-order valence-electron chi connectivity index (χ3n) is 5.11. The van der Waals surface area contributed by atoms with Gasteiger partial charge in [-0.05, 0) is 49.9 Å². The molecule has 0 radical (unpaired) electrons. The summed E-state index contributed by atoms with van der Waals surface area (Å²) in [7, 11) is 3.11. The van der Waals surface area contributed by atoms with Crippen LogP contribution in [-0.2, 0) is 18.9 Å². The molecule has 1 fully saturated rings. The van der Waals surface area contributed by atoms with E-state index < -0.39 is 0 Å². The molecule has 2 aromatic rings. The van der Waals surface area contributed by atoms with Crippen LogP contribution in [0, 0.1) is 19.8 Å². The van der Waals surface area contributed by atoms with Crippen LogP contribution in [0.1, 0.15) is 24.0 Å². The molecule has 1 atom stereocenters. The zero-order chi connectivity index (χ0) is 19.7. The van der Waals surface area contributed by atoms with E-state index in [1.165, 1.54) is 17.7 Å². The zero-order valence-corrected chi connectivity index (χ0v) is 16.3. The topological polar surface area (TPSA) is 76.3 Å². The highest BCUT2D eigenvalue weighted by Crippen LogP contribution is 2.23. The van der Waals surface area contributed by atoms with Gasteiger partial charge < -0.3 is 10.2 Å². The maximum atomic E-state index is 12.8. The lowest BCUT2D eigenvalue weighted by Gasteiger charge is -2.34. The Morgan fingerprint density at radius 2 is 1.70 bits per heavy atom. The Labute approximate surface area is 158 Å². The molecule has 7 heteroatoms. The lowest BCUT2D eigenvalue weighted by Crippen LogP contribution is -2.45. The van der Waals surface area contributed by atoms with Crippen molar-refractivity contribution in [2.24, 2.45) is 20.0 Å². The Morgan fingerprint density at radius 1 is 1.04 bits per heavy atom. The predicted molar refractivity (Wildman–Crippen MR) is 106 cm³/mol. The molecule has 0 spiro atoms. The number of aryl methyl sites for hydroxylation is 2. The van der Waals surface area contributed by atoms with Crippen LogP contribution < -0.4 is 21.5 Å². The van der Waals surface area contributed by atoms with Crippen molar-refractivity contribution in [2.75, 3.05) is 23.3 Å². The van der Waals surface area contributed by atoms with Crippen LogP contribution in [0.2, 0.25) is 0 Å². The average molecular weight is 370 g/mol. The Kier molecular flexibility index (Phi) is 5.21.